The van der Waals surface area contributed by atoms with Crippen LogP contribution in [0.1, 0.15) is 24.1 Å². The van der Waals surface area contributed by atoms with Gasteiger partial charge in [0, 0.05) is 24.5 Å². The Kier molecular flexibility index (Phi) is 2.81. The van der Waals surface area contributed by atoms with Crippen LogP contribution in [0.5, 0.6) is 0 Å². The van der Waals surface area contributed by atoms with Crippen LogP contribution in [-0.2, 0) is 13.0 Å². The molecule has 2 aromatic rings. The third-order valence-corrected chi connectivity index (χ3v) is 2.40. The van der Waals surface area contributed by atoms with Crippen molar-refractivity contribution >= 4 is 0 Å². The summed E-state index contributed by atoms with van der Waals surface area (Å²) in [5, 5.41) is 0. The molecule has 0 aliphatic rings. The van der Waals surface area contributed by atoms with Crippen molar-refractivity contribution in [3.8, 4) is 0 Å². The molecule has 2 heterocycles. The molecule has 0 radical (unpaired) electrons. The lowest BCUT2D eigenvalue weighted by molar-refractivity contribution is 0.714. The lowest BCUT2D eigenvalue weighted by atomic mass is 10.3. The first kappa shape index (κ1) is 9.90. The summed E-state index contributed by atoms with van der Waals surface area (Å²) in [5.74, 6) is 1.11. The van der Waals surface area contributed by atoms with Crippen molar-refractivity contribution in [2.75, 3.05) is 0 Å². The summed E-state index contributed by atoms with van der Waals surface area (Å²) in [5.41, 5.74) is 2.15. The first-order chi connectivity index (χ1) is 7.29. The molecule has 0 spiro atoms. The molecule has 2 rings (SSSR count). The lowest BCUT2D eigenvalue weighted by Gasteiger charge is -2.06. The number of pyridine rings is 1. The predicted molar refractivity (Wildman–Crippen MR) is 59.7 cm³/mol. The van der Waals surface area contributed by atoms with E-state index < -0.39 is 0 Å². The molecule has 0 amide bonds. The molecule has 0 saturated carbocycles. The second kappa shape index (κ2) is 4.26. The van der Waals surface area contributed by atoms with Crippen molar-refractivity contribution in [1.29, 1.82) is 0 Å². The van der Waals surface area contributed by atoms with Gasteiger partial charge in [0.15, 0.2) is 0 Å². The number of nitrogens with zero attached hydrogens (tertiary/aromatic N) is 3. The Balaban J connectivity index is 2.22. The Morgan fingerprint density at radius 2 is 2.20 bits per heavy atom. The fourth-order valence-electron chi connectivity index (χ4n) is 1.66. The minimum absolute atomic E-state index is 0.810. The van der Waals surface area contributed by atoms with E-state index in [9.17, 15) is 0 Å². The predicted octanol–water partition coefficient (Wildman–Crippen LogP) is 2.20. The maximum Gasteiger partial charge on any atom is 0.108 e. The summed E-state index contributed by atoms with van der Waals surface area (Å²) in [6.07, 6.45) is 4.80. The molecule has 0 bridgehead atoms. The fraction of sp³-hybridized carbons (Fsp3) is 0.333. The molecule has 0 fully saturated rings. The SMILES string of the molecule is CCc1nccn1Cc1cccc(C)n1. The van der Waals surface area contributed by atoms with Crippen molar-refractivity contribution < 1.29 is 0 Å². The maximum atomic E-state index is 4.47. The summed E-state index contributed by atoms with van der Waals surface area (Å²) in [4.78, 5) is 8.76. The molecule has 0 N–H and O–H groups in total. The number of hydrogen-bond acceptors (Lipinski definition) is 2. The third kappa shape index (κ3) is 2.24. The Morgan fingerprint density at radius 1 is 1.33 bits per heavy atom. The monoisotopic (exact) mass is 201 g/mol. The van der Waals surface area contributed by atoms with Crippen molar-refractivity contribution in [2.45, 2.75) is 26.8 Å². The highest BCUT2D eigenvalue weighted by Gasteiger charge is 2.01. The molecule has 0 saturated heterocycles. The molecule has 0 aromatic carbocycles. The Bertz CT molecular complexity index is 446. The second-order valence-electron chi connectivity index (χ2n) is 3.60. The Hall–Kier alpha value is -1.64. The molecule has 3 heteroatoms. The van der Waals surface area contributed by atoms with E-state index in [0.29, 0.717) is 0 Å². The molecule has 0 atom stereocenters. The minimum Gasteiger partial charge on any atom is -0.329 e. The molecular weight excluding hydrogens is 186 g/mol. The zero-order chi connectivity index (χ0) is 10.7. The van der Waals surface area contributed by atoms with Gasteiger partial charge in [-0.25, -0.2) is 4.98 Å². The van der Waals surface area contributed by atoms with Gasteiger partial charge in [0.2, 0.25) is 0 Å². The van der Waals surface area contributed by atoms with Gasteiger partial charge in [0.25, 0.3) is 0 Å². The van der Waals surface area contributed by atoms with Gasteiger partial charge < -0.3 is 4.57 Å². The van der Waals surface area contributed by atoms with E-state index >= 15 is 0 Å². The van der Waals surface area contributed by atoms with Gasteiger partial charge in [-0.15, -0.1) is 0 Å². The summed E-state index contributed by atoms with van der Waals surface area (Å²) in [7, 11) is 0. The standard InChI is InChI=1S/C12H15N3/c1-3-12-13-7-8-15(12)9-11-6-4-5-10(2)14-11/h4-8H,3,9H2,1-2H3. The van der Waals surface area contributed by atoms with Gasteiger partial charge in [-0.1, -0.05) is 13.0 Å². The Morgan fingerprint density at radius 3 is 2.93 bits per heavy atom. The van der Waals surface area contributed by atoms with E-state index in [1.807, 2.05) is 37.5 Å². The van der Waals surface area contributed by atoms with Gasteiger partial charge in [-0.05, 0) is 19.1 Å². The van der Waals surface area contributed by atoms with Crippen molar-refractivity contribution in [2.24, 2.45) is 0 Å². The van der Waals surface area contributed by atoms with E-state index in [2.05, 4.69) is 21.5 Å². The minimum atomic E-state index is 0.810. The van der Waals surface area contributed by atoms with Crippen LogP contribution in [0.2, 0.25) is 0 Å². The number of aromatic nitrogens is 3. The van der Waals surface area contributed by atoms with Gasteiger partial charge in [-0.2, -0.15) is 0 Å². The van der Waals surface area contributed by atoms with Gasteiger partial charge >= 0.3 is 0 Å². The Labute approximate surface area is 89.8 Å². The molecule has 0 aliphatic heterocycles. The smallest absolute Gasteiger partial charge is 0.108 e. The van der Waals surface area contributed by atoms with Gasteiger partial charge in [0.1, 0.15) is 5.82 Å². The summed E-state index contributed by atoms with van der Waals surface area (Å²) < 4.78 is 2.14. The fourth-order valence-corrected chi connectivity index (χ4v) is 1.66. The average Bonchev–Trinajstić information content (AvgIpc) is 2.65. The summed E-state index contributed by atoms with van der Waals surface area (Å²) in [6, 6.07) is 6.10. The van der Waals surface area contributed by atoms with Crippen LogP contribution in [0.25, 0.3) is 0 Å². The topological polar surface area (TPSA) is 30.7 Å². The number of hydrogen-bond donors (Lipinski definition) is 0. The van der Waals surface area contributed by atoms with Crippen LogP contribution in [0.3, 0.4) is 0 Å². The largest absolute Gasteiger partial charge is 0.329 e. The average molecular weight is 201 g/mol. The molecular formula is C12H15N3. The van der Waals surface area contributed by atoms with E-state index in [1.54, 1.807) is 0 Å². The normalized spacial score (nSPS) is 10.5. The highest BCUT2D eigenvalue weighted by atomic mass is 15.1. The molecule has 78 valence electrons. The van der Waals surface area contributed by atoms with Crippen LogP contribution in [0.15, 0.2) is 30.6 Å². The van der Waals surface area contributed by atoms with Crippen molar-refractivity contribution in [3.05, 3.63) is 47.8 Å². The maximum absolute atomic E-state index is 4.47. The summed E-state index contributed by atoms with van der Waals surface area (Å²) in [6.45, 7) is 4.94. The van der Waals surface area contributed by atoms with E-state index in [-0.39, 0.29) is 0 Å². The number of aryl methyl sites for hydroxylation is 2. The van der Waals surface area contributed by atoms with Crippen LogP contribution in [-0.4, -0.2) is 14.5 Å². The van der Waals surface area contributed by atoms with E-state index in [4.69, 9.17) is 0 Å². The molecule has 2 aromatic heterocycles. The molecule has 3 nitrogen and oxygen atoms in total. The first-order valence-corrected chi connectivity index (χ1v) is 5.22. The van der Waals surface area contributed by atoms with Crippen molar-refractivity contribution in [3.63, 3.8) is 0 Å². The molecule has 0 aliphatic carbocycles. The van der Waals surface area contributed by atoms with Crippen LogP contribution in [0.4, 0.5) is 0 Å². The van der Waals surface area contributed by atoms with Crippen LogP contribution in [0, 0.1) is 6.92 Å². The number of rotatable bonds is 3. The highest BCUT2D eigenvalue weighted by molar-refractivity contribution is 5.11. The van der Waals surface area contributed by atoms with Crippen LogP contribution >= 0.6 is 0 Å². The lowest BCUT2D eigenvalue weighted by Crippen LogP contribution is -2.05. The zero-order valence-corrected chi connectivity index (χ0v) is 9.14. The molecule has 15 heavy (non-hydrogen) atoms. The quantitative estimate of drug-likeness (QED) is 0.762. The van der Waals surface area contributed by atoms with Crippen molar-refractivity contribution in [1.82, 2.24) is 14.5 Å². The molecule has 0 unspecified atom stereocenters. The van der Waals surface area contributed by atoms with Gasteiger partial charge in [0.05, 0.1) is 12.2 Å². The third-order valence-electron chi connectivity index (χ3n) is 2.40. The van der Waals surface area contributed by atoms with E-state index in [0.717, 1.165) is 30.2 Å². The van der Waals surface area contributed by atoms with Gasteiger partial charge in [-0.3, -0.25) is 4.98 Å². The number of imidazole rings is 1. The summed E-state index contributed by atoms with van der Waals surface area (Å²) >= 11 is 0. The van der Waals surface area contributed by atoms with Crippen LogP contribution < -0.4 is 0 Å². The highest BCUT2D eigenvalue weighted by Crippen LogP contribution is 2.04. The van der Waals surface area contributed by atoms with E-state index in [1.165, 1.54) is 0 Å². The zero-order valence-electron chi connectivity index (χ0n) is 9.14. The first-order valence-electron chi connectivity index (χ1n) is 5.22. The second-order valence-corrected chi connectivity index (χ2v) is 3.60.